The van der Waals surface area contributed by atoms with E-state index in [4.69, 9.17) is 0 Å². The molecular weight excluding hydrogens is 271 g/mol. The highest BCUT2D eigenvalue weighted by Crippen LogP contribution is 2.08. The van der Waals surface area contributed by atoms with Crippen molar-refractivity contribution >= 4 is 17.5 Å². The lowest BCUT2D eigenvalue weighted by Crippen LogP contribution is -2.32. The molecule has 0 aliphatic rings. The summed E-state index contributed by atoms with van der Waals surface area (Å²) in [5.74, 6) is -1.16. The summed E-state index contributed by atoms with van der Waals surface area (Å²) in [6.45, 7) is 1.80. The van der Waals surface area contributed by atoms with Gasteiger partial charge in [0.1, 0.15) is 5.82 Å². The third-order valence-corrected chi connectivity index (χ3v) is 2.85. The van der Waals surface area contributed by atoms with Crippen LogP contribution in [0.15, 0.2) is 48.5 Å². The van der Waals surface area contributed by atoms with Crippen molar-refractivity contribution in [3.05, 3.63) is 65.5 Å². The second-order valence-corrected chi connectivity index (χ2v) is 4.60. The molecule has 4 nitrogen and oxygen atoms in total. The van der Waals surface area contributed by atoms with Gasteiger partial charge >= 0.3 is 0 Å². The highest BCUT2D eigenvalue weighted by molar-refractivity contribution is 5.99. The average molecular weight is 286 g/mol. The minimum absolute atomic E-state index is 0.149. The van der Waals surface area contributed by atoms with E-state index < -0.39 is 11.7 Å². The van der Waals surface area contributed by atoms with Crippen molar-refractivity contribution in [2.24, 2.45) is 0 Å². The molecule has 0 aliphatic carbocycles. The Hall–Kier alpha value is -2.69. The van der Waals surface area contributed by atoms with Crippen LogP contribution in [0.4, 0.5) is 10.1 Å². The predicted molar refractivity (Wildman–Crippen MR) is 78.5 cm³/mol. The van der Waals surface area contributed by atoms with Crippen LogP contribution < -0.4 is 10.6 Å². The lowest BCUT2D eigenvalue weighted by Gasteiger charge is -2.07. The summed E-state index contributed by atoms with van der Waals surface area (Å²) < 4.78 is 12.7. The molecular formula is C16H15FN2O2. The molecule has 2 aromatic rings. The average Bonchev–Trinajstić information content (AvgIpc) is 2.48. The van der Waals surface area contributed by atoms with Gasteiger partial charge in [-0.25, -0.2) is 4.39 Å². The molecule has 0 atom stereocenters. The molecule has 0 aromatic heterocycles. The topological polar surface area (TPSA) is 58.2 Å². The van der Waals surface area contributed by atoms with E-state index in [2.05, 4.69) is 10.6 Å². The number of rotatable bonds is 4. The quantitative estimate of drug-likeness (QED) is 0.907. The molecule has 108 valence electrons. The van der Waals surface area contributed by atoms with E-state index >= 15 is 0 Å². The lowest BCUT2D eigenvalue weighted by molar-refractivity contribution is -0.115. The van der Waals surface area contributed by atoms with Gasteiger partial charge in [0.05, 0.1) is 6.54 Å². The van der Waals surface area contributed by atoms with Gasteiger partial charge in [0.15, 0.2) is 0 Å². The summed E-state index contributed by atoms with van der Waals surface area (Å²) in [5, 5.41) is 5.15. The summed E-state index contributed by atoms with van der Waals surface area (Å²) in [5.41, 5.74) is 2.07. The zero-order valence-corrected chi connectivity index (χ0v) is 11.5. The first kappa shape index (κ1) is 14.7. The molecule has 2 rings (SSSR count). The molecule has 0 unspecified atom stereocenters. The molecule has 2 amide bonds. The second-order valence-electron chi connectivity index (χ2n) is 4.60. The van der Waals surface area contributed by atoms with Crippen molar-refractivity contribution in [1.82, 2.24) is 5.32 Å². The minimum Gasteiger partial charge on any atom is -0.343 e. The van der Waals surface area contributed by atoms with Gasteiger partial charge < -0.3 is 10.6 Å². The lowest BCUT2D eigenvalue weighted by atomic mass is 10.2. The molecule has 21 heavy (non-hydrogen) atoms. The van der Waals surface area contributed by atoms with E-state index in [1.54, 1.807) is 12.1 Å². The monoisotopic (exact) mass is 286 g/mol. The maximum atomic E-state index is 12.7. The van der Waals surface area contributed by atoms with Crippen LogP contribution in [0.25, 0.3) is 0 Å². The van der Waals surface area contributed by atoms with Crippen molar-refractivity contribution in [2.75, 3.05) is 11.9 Å². The van der Waals surface area contributed by atoms with Crippen molar-refractivity contribution in [3.63, 3.8) is 0 Å². The number of carbonyl (C=O) groups is 2. The van der Waals surface area contributed by atoms with Crippen LogP contribution in [0, 0.1) is 12.7 Å². The van der Waals surface area contributed by atoms with Crippen LogP contribution in [-0.4, -0.2) is 18.4 Å². The van der Waals surface area contributed by atoms with E-state index in [-0.39, 0.29) is 12.5 Å². The molecule has 0 bridgehead atoms. The standard InChI is InChI=1S/C16H15FN2O2/c1-11-2-8-14(9-3-11)19-15(20)10-18-16(21)12-4-6-13(17)7-5-12/h2-9H,10H2,1H3,(H,18,21)(H,19,20). The third-order valence-electron chi connectivity index (χ3n) is 2.85. The Labute approximate surface area is 122 Å². The number of amides is 2. The van der Waals surface area contributed by atoms with E-state index in [0.29, 0.717) is 11.3 Å². The molecule has 2 N–H and O–H groups in total. The smallest absolute Gasteiger partial charge is 0.251 e. The molecule has 0 saturated heterocycles. The van der Waals surface area contributed by atoms with Gasteiger partial charge in [-0.3, -0.25) is 9.59 Å². The second kappa shape index (κ2) is 6.65. The van der Waals surface area contributed by atoms with Crippen molar-refractivity contribution in [2.45, 2.75) is 6.92 Å². The fourth-order valence-electron chi connectivity index (χ4n) is 1.71. The predicted octanol–water partition coefficient (Wildman–Crippen LogP) is 2.50. The Morgan fingerprint density at radius 1 is 1.00 bits per heavy atom. The van der Waals surface area contributed by atoms with Gasteiger partial charge in [0.25, 0.3) is 5.91 Å². The van der Waals surface area contributed by atoms with Gasteiger partial charge in [-0.05, 0) is 43.3 Å². The molecule has 0 aliphatic heterocycles. The first-order chi connectivity index (χ1) is 10.0. The Morgan fingerprint density at radius 2 is 1.62 bits per heavy atom. The number of nitrogens with one attached hydrogen (secondary N) is 2. The number of hydrogen-bond donors (Lipinski definition) is 2. The maximum Gasteiger partial charge on any atom is 0.251 e. The van der Waals surface area contributed by atoms with E-state index in [1.165, 1.54) is 24.3 Å². The van der Waals surface area contributed by atoms with Gasteiger partial charge in [0, 0.05) is 11.3 Å². The third kappa shape index (κ3) is 4.42. The van der Waals surface area contributed by atoms with Crippen LogP contribution in [0.3, 0.4) is 0 Å². The Bertz CT molecular complexity index is 636. The molecule has 0 heterocycles. The first-order valence-corrected chi connectivity index (χ1v) is 6.45. The molecule has 0 radical (unpaired) electrons. The minimum atomic E-state index is -0.422. The van der Waals surface area contributed by atoms with Gasteiger partial charge in [-0.1, -0.05) is 17.7 Å². The summed E-state index contributed by atoms with van der Waals surface area (Å²) in [6, 6.07) is 12.5. The highest BCUT2D eigenvalue weighted by Gasteiger charge is 2.08. The molecule has 0 saturated carbocycles. The van der Waals surface area contributed by atoms with E-state index in [9.17, 15) is 14.0 Å². The molecule has 5 heteroatoms. The zero-order chi connectivity index (χ0) is 15.2. The number of aryl methyl sites for hydroxylation is 1. The van der Waals surface area contributed by atoms with Crippen molar-refractivity contribution < 1.29 is 14.0 Å². The number of hydrogen-bond acceptors (Lipinski definition) is 2. The van der Waals surface area contributed by atoms with Crippen molar-refractivity contribution in [3.8, 4) is 0 Å². The number of halogens is 1. The summed E-state index contributed by atoms with van der Waals surface area (Å²) in [6.07, 6.45) is 0. The summed E-state index contributed by atoms with van der Waals surface area (Å²) in [4.78, 5) is 23.4. The van der Waals surface area contributed by atoms with Crippen LogP contribution in [-0.2, 0) is 4.79 Å². The highest BCUT2D eigenvalue weighted by atomic mass is 19.1. The fourth-order valence-corrected chi connectivity index (χ4v) is 1.71. The Balaban J connectivity index is 1.84. The maximum absolute atomic E-state index is 12.7. The Morgan fingerprint density at radius 3 is 2.24 bits per heavy atom. The molecule has 0 spiro atoms. The summed E-state index contributed by atoms with van der Waals surface area (Å²) in [7, 11) is 0. The van der Waals surface area contributed by atoms with E-state index in [0.717, 1.165) is 5.56 Å². The first-order valence-electron chi connectivity index (χ1n) is 6.45. The van der Waals surface area contributed by atoms with Crippen LogP contribution in [0.2, 0.25) is 0 Å². The zero-order valence-electron chi connectivity index (χ0n) is 11.5. The van der Waals surface area contributed by atoms with Gasteiger partial charge in [-0.15, -0.1) is 0 Å². The van der Waals surface area contributed by atoms with E-state index in [1.807, 2.05) is 19.1 Å². The number of anilines is 1. The number of carbonyl (C=O) groups excluding carboxylic acids is 2. The van der Waals surface area contributed by atoms with Crippen molar-refractivity contribution in [1.29, 1.82) is 0 Å². The fraction of sp³-hybridized carbons (Fsp3) is 0.125. The largest absolute Gasteiger partial charge is 0.343 e. The van der Waals surface area contributed by atoms with Gasteiger partial charge in [-0.2, -0.15) is 0 Å². The number of benzene rings is 2. The van der Waals surface area contributed by atoms with Gasteiger partial charge in [0.2, 0.25) is 5.91 Å². The summed E-state index contributed by atoms with van der Waals surface area (Å²) >= 11 is 0. The Kier molecular flexibility index (Phi) is 4.66. The molecule has 0 fully saturated rings. The van der Waals surface area contributed by atoms with Crippen LogP contribution in [0.1, 0.15) is 15.9 Å². The van der Waals surface area contributed by atoms with Crippen LogP contribution in [0.5, 0.6) is 0 Å². The van der Waals surface area contributed by atoms with Crippen LogP contribution >= 0.6 is 0 Å². The normalized spacial score (nSPS) is 10.0. The SMILES string of the molecule is Cc1ccc(NC(=O)CNC(=O)c2ccc(F)cc2)cc1. The molecule has 2 aromatic carbocycles.